The van der Waals surface area contributed by atoms with Gasteiger partial charge in [0.1, 0.15) is 0 Å². The fourth-order valence-electron chi connectivity index (χ4n) is 1.96. The van der Waals surface area contributed by atoms with E-state index in [9.17, 15) is 9.59 Å². The molecule has 7 heteroatoms. The predicted octanol–water partition coefficient (Wildman–Crippen LogP) is -1.28. The van der Waals surface area contributed by atoms with Gasteiger partial charge in [0.25, 0.3) is 0 Å². The van der Waals surface area contributed by atoms with Crippen LogP contribution in [0.3, 0.4) is 0 Å². The number of H-pyrrole nitrogens is 1. The number of nitrogens with one attached hydrogen (secondary N) is 1. The second-order valence-corrected chi connectivity index (χ2v) is 6.73. The van der Waals surface area contributed by atoms with E-state index in [-0.39, 0.29) is 40.5 Å². The number of aliphatic hydroxyl groups excluding tert-OH is 1. The monoisotopic (exact) mass is 370 g/mol. The van der Waals surface area contributed by atoms with E-state index in [2.05, 4.69) is 4.98 Å². The first-order valence-electron chi connectivity index (χ1n) is 6.94. The van der Waals surface area contributed by atoms with E-state index in [1.807, 2.05) is 37.3 Å². The van der Waals surface area contributed by atoms with Gasteiger partial charge in [0.15, 0.2) is 0 Å². The number of nitrogens with zero attached hydrogens (tertiary/aromatic N) is 1. The van der Waals surface area contributed by atoms with Gasteiger partial charge >= 0.3 is 133 Å². The van der Waals surface area contributed by atoms with Gasteiger partial charge < -0.3 is 0 Å². The summed E-state index contributed by atoms with van der Waals surface area (Å²) >= 11 is -0.178. The van der Waals surface area contributed by atoms with Crippen molar-refractivity contribution in [2.45, 2.75) is 20.1 Å². The molecule has 6 nitrogen and oxygen atoms in total. The van der Waals surface area contributed by atoms with E-state index >= 15 is 0 Å². The molecule has 2 aromatic rings. The molecule has 2 rings (SSSR count). The van der Waals surface area contributed by atoms with E-state index in [1.165, 1.54) is 4.57 Å². The van der Waals surface area contributed by atoms with Crippen LogP contribution in [0.2, 0.25) is 0 Å². The van der Waals surface area contributed by atoms with E-state index in [0.717, 1.165) is 4.46 Å². The molecule has 0 aliphatic carbocycles. The van der Waals surface area contributed by atoms with Crippen LogP contribution in [0.4, 0.5) is 0 Å². The number of aliphatic hydroxyl groups is 1. The standard InChI is InChI=1S/C15H18N2O4Se/c1-2-12-13(19)16-15(20)17(10-21-9-8-18)14(12)22-11-6-4-3-5-7-11/h3-7,18H,2,8-10H2,1H3,(H,16,19,20). The summed E-state index contributed by atoms with van der Waals surface area (Å²) in [7, 11) is 0. The maximum atomic E-state index is 12.1. The second-order valence-electron chi connectivity index (χ2n) is 4.50. The van der Waals surface area contributed by atoms with Crippen molar-refractivity contribution in [3.8, 4) is 0 Å². The average Bonchev–Trinajstić information content (AvgIpc) is 2.51. The van der Waals surface area contributed by atoms with Gasteiger partial charge in [-0.05, 0) is 0 Å². The third-order valence-electron chi connectivity index (χ3n) is 3.01. The van der Waals surface area contributed by atoms with E-state index in [1.54, 1.807) is 0 Å². The van der Waals surface area contributed by atoms with Crippen molar-refractivity contribution in [2.75, 3.05) is 13.2 Å². The SMILES string of the molecule is CCc1c([Se]c2ccccc2)n(COCCO)c(=O)[nH]c1=O. The van der Waals surface area contributed by atoms with Crippen molar-refractivity contribution in [2.24, 2.45) is 0 Å². The number of aromatic nitrogens is 2. The summed E-state index contributed by atoms with van der Waals surface area (Å²) in [5.74, 6) is 0. The second kappa shape index (κ2) is 8.10. The first-order valence-corrected chi connectivity index (χ1v) is 8.66. The summed E-state index contributed by atoms with van der Waals surface area (Å²) in [6, 6.07) is 9.74. The van der Waals surface area contributed by atoms with Crippen molar-refractivity contribution in [3.63, 3.8) is 0 Å². The van der Waals surface area contributed by atoms with Crippen LogP contribution >= 0.6 is 0 Å². The Labute approximate surface area is 133 Å². The zero-order valence-electron chi connectivity index (χ0n) is 12.2. The Morgan fingerprint density at radius 3 is 2.64 bits per heavy atom. The Morgan fingerprint density at radius 2 is 2.00 bits per heavy atom. The Kier molecular flexibility index (Phi) is 6.15. The molecular formula is C15H18N2O4Se. The molecule has 0 saturated heterocycles. The predicted molar refractivity (Wildman–Crippen MR) is 85.2 cm³/mol. The van der Waals surface area contributed by atoms with Gasteiger partial charge in [0.05, 0.1) is 0 Å². The fraction of sp³-hybridized carbons (Fsp3) is 0.333. The third kappa shape index (κ3) is 3.95. The van der Waals surface area contributed by atoms with Crippen LogP contribution in [0.25, 0.3) is 0 Å². The van der Waals surface area contributed by atoms with Crippen molar-refractivity contribution in [3.05, 3.63) is 56.7 Å². The van der Waals surface area contributed by atoms with Crippen molar-refractivity contribution < 1.29 is 9.84 Å². The van der Waals surface area contributed by atoms with E-state index in [0.29, 0.717) is 16.6 Å². The summed E-state index contributed by atoms with van der Waals surface area (Å²) in [5, 5.41) is 8.80. The van der Waals surface area contributed by atoms with Crippen molar-refractivity contribution >= 4 is 24.0 Å². The first-order chi connectivity index (χ1) is 10.7. The summed E-state index contributed by atoms with van der Waals surface area (Å²) in [4.78, 5) is 26.4. The van der Waals surface area contributed by atoms with Crippen molar-refractivity contribution in [1.82, 2.24) is 9.55 Å². The molecule has 2 N–H and O–H groups in total. The first kappa shape index (κ1) is 16.7. The molecule has 0 saturated carbocycles. The number of ether oxygens (including phenoxy) is 1. The van der Waals surface area contributed by atoms with Gasteiger partial charge in [0.2, 0.25) is 0 Å². The van der Waals surface area contributed by atoms with Crippen LogP contribution in [0.5, 0.6) is 0 Å². The molecule has 1 heterocycles. The normalized spacial score (nSPS) is 10.8. The van der Waals surface area contributed by atoms with Crippen LogP contribution in [0, 0.1) is 0 Å². The molecule has 0 bridgehead atoms. The van der Waals surface area contributed by atoms with Gasteiger partial charge in [0, 0.05) is 0 Å². The molecule has 0 atom stereocenters. The molecular weight excluding hydrogens is 351 g/mol. The summed E-state index contributed by atoms with van der Waals surface area (Å²) in [6.07, 6.45) is 0.541. The third-order valence-corrected chi connectivity index (χ3v) is 5.46. The van der Waals surface area contributed by atoms with Crippen LogP contribution in [0.1, 0.15) is 12.5 Å². The van der Waals surface area contributed by atoms with Crippen LogP contribution in [-0.2, 0) is 17.9 Å². The molecule has 0 spiro atoms. The van der Waals surface area contributed by atoms with Gasteiger partial charge in [-0.25, -0.2) is 0 Å². The number of rotatable bonds is 7. The summed E-state index contributed by atoms with van der Waals surface area (Å²) in [5.41, 5.74) is -0.206. The maximum absolute atomic E-state index is 12.1. The zero-order chi connectivity index (χ0) is 15.9. The van der Waals surface area contributed by atoms with Gasteiger partial charge in [-0.2, -0.15) is 0 Å². The Balaban J connectivity index is 2.46. The fourth-order valence-corrected chi connectivity index (χ4v) is 4.31. The molecule has 0 radical (unpaired) electrons. The summed E-state index contributed by atoms with van der Waals surface area (Å²) in [6.45, 7) is 1.94. The molecule has 0 aliphatic rings. The quantitative estimate of drug-likeness (QED) is 0.471. The Bertz CT molecular complexity index is 725. The zero-order valence-corrected chi connectivity index (χ0v) is 14.0. The van der Waals surface area contributed by atoms with E-state index < -0.39 is 5.69 Å². The van der Waals surface area contributed by atoms with Gasteiger partial charge in [-0.15, -0.1) is 0 Å². The molecule has 0 amide bonds. The molecule has 22 heavy (non-hydrogen) atoms. The molecule has 0 fully saturated rings. The minimum atomic E-state index is -0.479. The number of hydrogen-bond donors (Lipinski definition) is 2. The number of hydrogen-bond acceptors (Lipinski definition) is 4. The molecule has 0 aliphatic heterocycles. The Morgan fingerprint density at radius 1 is 1.27 bits per heavy atom. The average molecular weight is 369 g/mol. The van der Waals surface area contributed by atoms with Gasteiger partial charge in [-0.1, -0.05) is 0 Å². The molecule has 118 valence electrons. The van der Waals surface area contributed by atoms with Crippen LogP contribution in [0.15, 0.2) is 39.9 Å². The number of aromatic amines is 1. The van der Waals surface area contributed by atoms with Crippen LogP contribution in [-0.4, -0.2) is 42.8 Å². The molecule has 1 aromatic carbocycles. The van der Waals surface area contributed by atoms with Gasteiger partial charge in [-0.3, -0.25) is 0 Å². The molecule has 1 aromatic heterocycles. The molecule has 0 unspecified atom stereocenters. The van der Waals surface area contributed by atoms with Crippen molar-refractivity contribution in [1.29, 1.82) is 0 Å². The minimum absolute atomic E-state index is 0.0209. The summed E-state index contributed by atoms with van der Waals surface area (Å²) < 4.78 is 8.51. The number of benzene rings is 1. The van der Waals surface area contributed by atoms with E-state index in [4.69, 9.17) is 9.84 Å². The van der Waals surface area contributed by atoms with Crippen LogP contribution < -0.4 is 20.3 Å². The topological polar surface area (TPSA) is 84.3 Å². The Hall–Kier alpha value is -1.66.